The zero-order chi connectivity index (χ0) is 16.1. The molecule has 1 rings (SSSR count). The third kappa shape index (κ3) is 6.34. The molecule has 0 fully saturated rings. The molecule has 2 N–H and O–H groups in total. The number of phenolic OH excluding ortho intramolecular Hbond substituents is 1. The van der Waals surface area contributed by atoms with Crippen LogP contribution in [0.25, 0.3) is 0 Å². The summed E-state index contributed by atoms with van der Waals surface area (Å²) in [4.78, 5) is 10.3. The molecular weight excluding hydrogens is 296 g/mol. The molecule has 0 aromatic heterocycles. The lowest BCUT2D eigenvalue weighted by Crippen LogP contribution is -2.49. The molecule has 0 radical (unpaired) electrons. The Bertz CT molecular complexity index is 441. The summed E-state index contributed by atoms with van der Waals surface area (Å²) in [6.07, 6.45) is 2.77. The first kappa shape index (κ1) is 18.4. The van der Waals surface area contributed by atoms with Gasteiger partial charge in [0.25, 0.3) is 0 Å². The molecule has 0 amide bonds. The molecule has 0 heterocycles. The number of aromatic hydroxyl groups is 1. The smallest absolute Gasteiger partial charge is 0.209 e. The van der Waals surface area contributed by atoms with Crippen LogP contribution in [-0.4, -0.2) is 32.3 Å². The van der Waals surface area contributed by atoms with Crippen molar-refractivity contribution in [1.29, 1.82) is 0 Å². The van der Waals surface area contributed by atoms with Gasteiger partial charge in [0.2, 0.25) is 8.32 Å². The van der Waals surface area contributed by atoms with Gasteiger partial charge in [0.1, 0.15) is 5.75 Å². The quantitative estimate of drug-likeness (QED) is 0.708. The molecule has 1 aromatic carbocycles. The van der Waals surface area contributed by atoms with Crippen LogP contribution >= 0.6 is 0 Å². The maximum absolute atomic E-state index is 10.3. The van der Waals surface area contributed by atoms with Crippen molar-refractivity contribution in [2.24, 2.45) is 0 Å². The zero-order valence-electron chi connectivity index (χ0n) is 14.0. The van der Waals surface area contributed by atoms with E-state index in [-0.39, 0.29) is 5.73 Å². The first-order chi connectivity index (χ1) is 9.65. The second-order valence-electron chi connectivity index (χ2n) is 6.91. The van der Waals surface area contributed by atoms with Gasteiger partial charge in [-0.1, -0.05) is 25.1 Å². The van der Waals surface area contributed by atoms with Gasteiger partial charge in [0.15, 0.2) is 8.32 Å². The minimum absolute atomic E-state index is 0.0318. The average molecular weight is 327 g/mol. The second-order valence-corrected chi connectivity index (χ2v) is 15.1. The molecule has 0 aliphatic carbocycles. The Morgan fingerprint density at radius 3 is 2.29 bits per heavy atom. The molecule has 21 heavy (non-hydrogen) atoms. The Labute approximate surface area is 131 Å². The minimum Gasteiger partial charge on any atom is -0.508 e. The van der Waals surface area contributed by atoms with Crippen molar-refractivity contribution in [3.05, 3.63) is 29.8 Å². The van der Waals surface area contributed by atoms with E-state index < -0.39 is 16.6 Å². The van der Waals surface area contributed by atoms with Crippen LogP contribution in [0, 0.1) is 0 Å². The van der Waals surface area contributed by atoms with E-state index in [4.69, 9.17) is 4.43 Å². The summed E-state index contributed by atoms with van der Waals surface area (Å²) < 4.78 is 6.31. The summed E-state index contributed by atoms with van der Waals surface area (Å²) in [5.41, 5.74) is 1.04. The van der Waals surface area contributed by atoms with Crippen LogP contribution in [0.4, 0.5) is 0 Å². The Kier molecular flexibility index (Phi) is 6.65. The Morgan fingerprint density at radius 1 is 1.14 bits per heavy atom. The van der Waals surface area contributed by atoms with Crippen molar-refractivity contribution in [2.75, 3.05) is 0 Å². The molecule has 5 heteroatoms. The van der Waals surface area contributed by atoms with Crippen LogP contribution in [0.3, 0.4) is 0 Å². The van der Waals surface area contributed by atoms with Crippen LogP contribution < -0.4 is 0 Å². The summed E-state index contributed by atoms with van der Waals surface area (Å²) in [5.74, 6) is 0.383. The van der Waals surface area contributed by atoms with Gasteiger partial charge in [0, 0.05) is 0 Å². The molecule has 1 unspecified atom stereocenters. The Morgan fingerprint density at radius 2 is 1.76 bits per heavy atom. The van der Waals surface area contributed by atoms with Crippen molar-refractivity contribution < 1.29 is 14.3 Å². The van der Waals surface area contributed by atoms with E-state index in [0.29, 0.717) is 5.75 Å². The summed E-state index contributed by atoms with van der Waals surface area (Å²) in [5, 5.41) is 9.78. The SMILES string of the molecule is CCC(O[Si](C)(C)CCCc1ccccc1O)[Si](C)(C)O. The summed E-state index contributed by atoms with van der Waals surface area (Å²) in [6.45, 7) is 10.4. The van der Waals surface area contributed by atoms with Gasteiger partial charge < -0.3 is 14.3 Å². The first-order valence-electron chi connectivity index (χ1n) is 7.83. The fraction of sp³-hybridized carbons (Fsp3) is 0.625. The van der Waals surface area contributed by atoms with Gasteiger partial charge in [0.05, 0.1) is 5.73 Å². The number of rotatable bonds is 8. The number of benzene rings is 1. The normalized spacial score (nSPS) is 14.2. The number of hydrogen-bond acceptors (Lipinski definition) is 3. The van der Waals surface area contributed by atoms with Crippen LogP contribution in [0.15, 0.2) is 24.3 Å². The topological polar surface area (TPSA) is 49.7 Å². The molecule has 1 atom stereocenters. The van der Waals surface area contributed by atoms with Crippen molar-refractivity contribution in [2.45, 2.75) is 64.1 Å². The Hall–Kier alpha value is -0.626. The molecule has 0 saturated carbocycles. The minimum atomic E-state index is -2.24. The zero-order valence-corrected chi connectivity index (χ0v) is 16.0. The van der Waals surface area contributed by atoms with Crippen molar-refractivity contribution in [1.82, 2.24) is 0 Å². The van der Waals surface area contributed by atoms with E-state index in [9.17, 15) is 9.90 Å². The number of hydrogen-bond donors (Lipinski definition) is 2. The highest BCUT2D eigenvalue weighted by Crippen LogP contribution is 2.24. The third-order valence-electron chi connectivity index (χ3n) is 3.84. The molecule has 120 valence electrons. The predicted molar refractivity (Wildman–Crippen MR) is 93.6 cm³/mol. The Balaban J connectivity index is 2.51. The predicted octanol–water partition coefficient (Wildman–Crippen LogP) is 4.06. The van der Waals surface area contributed by atoms with E-state index in [1.807, 2.05) is 31.3 Å². The van der Waals surface area contributed by atoms with Gasteiger partial charge in [-0.25, -0.2) is 0 Å². The third-order valence-corrected chi connectivity index (χ3v) is 8.65. The number of phenols is 1. The lowest BCUT2D eigenvalue weighted by atomic mass is 10.1. The summed E-state index contributed by atoms with van der Waals surface area (Å²) in [7, 11) is -4.01. The van der Waals surface area contributed by atoms with E-state index in [0.717, 1.165) is 30.9 Å². The highest BCUT2D eigenvalue weighted by Gasteiger charge is 2.35. The lowest BCUT2D eigenvalue weighted by Gasteiger charge is -2.34. The van der Waals surface area contributed by atoms with Crippen molar-refractivity contribution in [3.8, 4) is 5.75 Å². The van der Waals surface area contributed by atoms with Gasteiger partial charge in [-0.3, -0.25) is 0 Å². The molecular formula is C16H30O3Si2. The highest BCUT2D eigenvalue weighted by molar-refractivity contribution is 6.75. The maximum atomic E-state index is 10.3. The van der Waals surface area contributed by atoms with Gasteiger partial charge >= 0.3 is 0 Å². The van der Waals surface area contributed by atoms with Gasteiger partial charge in [-0.05, 0) is 63.1 Å². The fourth-order valence-electron chi connectivity index (χ4n) is 2.60. The first-order valence-corrected chi connectivity index (χ1v) is 14.0. The van der Waals surface area contributed by atoms with Crippen LogP contribution in [0.1, 0.15) is 25.3 Å². The standard InChI is InChI=1S/C16H30O3Si2/c1-6-16(21(4,5)18)19-20(2,3)13-9-11-14-10-7-8-12-15(14)17/h7-8,10,12,16-18H,6,9,11,13H2,1-5H3. The van der Waals surface area contributed by atoms with E-state index >= 15 is 0 Å². The average Bonchev–Trinajstić information content (AvgIpc) is 2.37. The largest absolute Gasteiger partial charge is 0.508 e. The molecule has 0 saturated heterocycles. The number of aryl methyl sites for hydroxylation is 1. The lowest BCUT2D eigenvalue weighted by molar-refractivity contribution is 0.231. The monoisotopic (exact) mass is 326 g/mol. The number of para-hydroxylation sites is 1. The van der Waals surface area contributed by atoms with E-state index in [1.165, 1.54) is 0 Å². The summed E-state index contributed by atoms with van der Waals surface area (Å²) in [6, 6.07) is 8.56. The second kappa shape index (κ2) is 7.58. The van der Waals surface area contributed by atoms with Crippen LogP contribution in [0.2, 0.25) is 32.2 Å². The van der Waals surface area contributed by atoms with Gasteiger partial charge in [-0.15, -0.1) is 0 Å². The van der Waals surface area contributed by atoms with Crippen LogP contribution in [0.5, 0.6) is 5.75 Å². The van der Waals surface area contributed by atoms with E-state index in [2.05, 4.69) is 20.0 Å². The molecule has 0 bridgehead atoms. The fourth-order valence-corrected chi connectivity index (χ4v) is 7.79. The van der Waals surface area contributed by atoms with Gasteiger partial charge in [-0.2, -0.15) is 0 Å². The summed E-state index contributed by atoms with van der Waals surface area (Å²) >= 11 is 0. The molecule has 1 aromatic rings. The molecule has 3 nitrogen and oxygen atoms in total. The highest BCUT2D eigenvalue weighted by atomic mass is 28.4. The molecule has 0 spiro atoms. The van der Waals surface area contributed by atoms with Crippen molar-refractivity contribution in [3.63, 3.8) is 0 Å². The molecule has 0 aliphatic rings. The van der Waals surface area contributed by atoms with Crippen LogP contribution in [-0.2, 0) is 10.8 Å². The van der Waals surface area contributed by atoms with Crippen molar-refractivity contribution >= 4 is 16.6 Å². The molecule has 0 aliphatic heterocycles. The van der Waals surface area contributed by atoms with E-state index in [1.54, 1.807) is 6.07 Å². The maximum Gasteiger partial charge on any atom is 0.209 e.